The number of rotatable bonds is 15. The second-order valence-electron chi connectivity index (χ2n) is 6.07. The number of allylic oxidation sites excluding steroid dienone is 2. The van der Waals surface area contributed by atoms with E-state index >= 15 is 0 Å². The van der Waals surface area contributed by atoms with Crippen molar-refractivity contribution in [3.8, 4) is 0 Å². The van der Waals surface area contributed by atoms with Crippen molar-refractivity contribution in [1.82, 2.24) is 0 Å². The Balaban J connectivity index is -0.00000242. The van der Waals surface area contributed by atoms with Gasteiger partial charge < -0.3 is 11.3 Å². The van der Waals surface area contributed by atoms with Crippen LogP contribution in [0.15, 0.2) is 12.2 Å². The van der Waals surface area contributed by atoms with Crippen LogP contribution >= 0.6 is 0 Å². The Kier molecular flexibility index (Phi) is 22.4. The Morgan fingerprint density at radius 2 is 1.29 bits per heavy atom. The number of hydrogen-bond acceptors (Lipinski definition) is 3. The Labute approximate surface area is 171 Å². The van der Waals surface area contributed by atoms with Crippen molar-refractivity contribution in [2.45, 2.75) is 96.8 Å². The first-order valence-electron chi connectivity index (χ1n) is 9.25. The molecule has 0 aliphatic heterocycles. The predicted octanol–water partition coefficient (Wildman–Crippen LogP) is 3.36. The van der Waals surface area contributed by atoms with Crippen LogP contribution < -0.4 is 29.6 Å². The molecule has 1 N–H and O–H groups in total. The van der Waals surface area contributed by atoms with E-state index in [0.29, 0.717) is 6.42 Å². The van der Waals surface area contributed by atoms with E-state index in [4.69, 9.17) is 5.11 Å². The molecule has 0 amide bonds. The molecule has 136 valence electrons. The topological polar surface area (TPSA) is 63.6 Å². The number of hydrogen-bond donors (Lipinski definition) is 1. The van der Waals surface area contributed by atoms with Gasteiger partial charge in [-0.2, -0.15) is 0 Å². The van der Waals surface area contributed by atoms with E-state index in [-0.39, 0.29) is 37.4 Å². The third kappa shape index (κ3) is 21.7. The fourth-order valence-electron chi connectivity index (χ4n) is 2.49. The first-order chi connectivity index (χ1) is 11.2. The average Bonchev–Trinajstić information content (AvgIpc) is 2.50. The first kappa shape index (κ1) is 25.9. The molecule has 0 bridgehead atoms. The summed E-state index contributed by atoms with van der Waals surface area (Å²) in [6.45, 7) is 2.25. The molecular formula is C19H35NaO4. The maximum atomic E-state index is 11.0. The normalized spacial score (nSPS) is 10.5. The van der Waals surface area contributed by atoms with Crippen molar-refractivity contribution >= 4 is 12.1 Å². The van der Waals surface area contributed by atoms with Crippen LogP contribution in [0.25, 0.3) is 0 Å². The molecule has 0 rings (SSSR count). The van der Waals surface area contributed by atoms with Crippen LogP contribution in [0, 0.1) is 0 Å². The first-order valence-corrected chi connectivity index (χ1v) is 9.25. The largest absolute Gasteiger partial charge is 1.00 e. The minimum Gasteiger partial charge on any atom is -1.00 e. The van der Waals surface area contributed by atoms with E-state index in [1.807, 2.05) is 0 Å². The van der Waals surface area contributed by atoms with Crippen LogP contribution in [0.4, 0.5) is 4.79 Å². The van der Waals surface area contributed by atoms with Gasteiger partial charge in [0.2, 0.25) is 0 Å². The van der Waals surface area contributed by atoms with Crippen LogP contribution in [0.3, 0.4) is 0 Å². The van der Waals surface area contributed by atoms with Gasteiger partial charge in [-0.25, -0.2) is 4.79 Å². The summed E-state index contributed by atoms with van der Waals surface area (Å²) in [5.41, 5.74) is 0. The zero-order valence-corrected chi connectivity index (χ0v) is 17.7. The van der Waals surface area contributed by atoms with E-state index in [1.54, 1.807) is 0 Å². The predicted molar refractivity (Wildman–Crippen MR) is 94.7 cm³/mol. The van der Waals surface area contributed by atoms with Gasteiger partial charge in [-0.05, 0) is 32.1 Å². The van der Waals surface area contributed by atoms with Crippen molar-refractivity contribution < 1.29 is 50.4 Å². The van der Waals surface area contributed by atoms with Crippen molar-refractivity contribution in [2.24, 2.45) is 0 Å². The molecule has 0 aliphatic rings. The average molecular weight is 350 g/mol. The molecule has 0 atom stereocenters. The molecule has 0 aromatic carbocycles. The summed E-state index contributed by atoms with van der Waals surface area (Å²) in [6, 6.07) is 0. The van der Waals surface area contributed by atoms with E-state index in [2.05, 4.69) is 23.8 Å². The minimum atomic E-state index is -1.51. The summed E-state index contributed by atoms with van der Waals surface area (Å²) >= 11 is 0. The summed E-state index contributed by atoms with van der Waals surface area (Å²) in [7, 11) is 0. The molecule has 0 aromatic rings. The van der Waals surface area contributed by atoms with Gasteiger partial charge in [0.1, 0.15) is 0 Å². The molecule has 0 radical (unpaired) electrons. The quantitative estimate of drug-likeness (QED) is 0.162. The van der Waals surface area contributed by atoms with Gasteiger partial charge >= 0.3 is 41.7 Å². The summed E-state index contributed by atoms with van der Waals surface area (Å²) in [5.74, 6) is -0.643. The minimum absolute atomic E-state index is 0. The number of unbranched alkanes of at least 4 members (excludes halogenated alkanes) is 11. The number of ether oxygens (including phenoxy) is 1. The van der Waals surface area contributed by atoms with Crippen molar-refractivity contribution in [2.75, 3.05) is 0 Å². The Morgan fingerprint density at radius 3 is 1.79 bits per heavy atom. The molecule has 5 heteroatoms. The number of carbonyl (C=O) groups is 2. The molecule has 0 aromatic heterocycles. The molecule has 0 saturated carbocycles. The Bertz CT molecular complexity index is 335. The standard InChI is InChI=1S/C19H34O4.Na.H/c1-2-3-4-5-6-7-8-9-10-11-12-13-14-15-16-17-18(20)23-19(21)22;;/h9-10H,2-8,11-17H2,1H3,(H,21,22);;/q;+1;-1/b10-9-;;. The summed E-state index contributed by atoms with van der Waals surface area (Å²) in [6.07, 6.45) is 18.8. The smallest absolute Gasteiger partial charge is 1.00 e. The fourth-order valence-corrected chi connectivity index (χ4v) is 2.49. The van der Waals surface area contributed by atoms with E-state index in [1.165, 1.54) is 51.4 Å². The van der Waals surface area contributed by atoms with Crippen LogP contribution in [0.1, 0.15) is 98.2 Å². The van der Waals surface area contributed by atoms with Gasteiger partial charge in [0.15, 0.2) is 0 Å². The van der Waals surface area contributed by atoms with Crippen molar-refractivity contribution in [3.63, 3.8) is 0 Å². The molecular weight excluding hydrogens is 315 g/mol. The van der Waals surface area contributed by atoms with Crippen molar-refractivity contribution in [1.29, 1.82) is 0 Å². The zero-order chi connectivity index (χ0) is 17.2. The monoisotopic (exact) mass is 350 g/mol. The van der Waals surface area contributed by atoms with Crippen LogP contribution in [0.2, 0.25) is 0 Å². The molecule has 4 nitrogen and oxygen atoms in total. The number of carbonyl (C=O) groups excluding carboxylic acids is 1. The van der Waals surface area contributed by atoms with Crippen LogP contribution in [-0.4, -0.2) is 17.2 Å². The third-order valence-electron chi connectivity index (χ3n) is 3.84. The fraction of sp³-hybridized carbons (Fsp3) is 0.789. The summed E-state index contributed by atoms with van der Waals surface area (Å²) < 4.78 is 4.04. The van der Waals surface area contributed by atoms with E-state index in [9.17, 15) is 9.59 Å². The van der Waals surface area contributed by atoms with Gasteiger partial charge in [-0.3, -0.25) is 4.79 Å². The molecule has 24 heavy (non-hydrogen) atoms. The zero-order valence-electron chi connectivity index (χ0n) is 16.7. The van der Waals surface area contributed by atoms with Gasteiger partial charge in [0.05, 0.1) is 0 Å². The maximum absolute atomic E-state index is 11.0. The molecule has 0 spiro atoms. The van der Waals surface area contributed by atoms with Gasteiger partial charge in [-0.15, -0.1) is 0 Å². The SMILES string of the molecule is CCCCCCCC/C=C\CCCCCCCC(=O)OC(=O)O.[H-].[Na+]. The van der Waals surface area contributed by atoms with Gasteiger partial charge in [-0.1, -0.05) is 70.4 Å². The molecule has 0 fully saturated rings. The van der Waals surface area contributed by atoms with Gasteiger partial charge in [0.25, 0.3) is 0 Å². The van der Waals surface area contributed by atoms with Crippen LogP contribution in [0.5, 0.6) is 0 Å². The number of esters is 1. The van der Waals surface area contributed by atoms with E-state index < -0.39 is 12.1 Å². The van der Waals surface area contributed by atoms with Gasteiger partial charge in [0, 0.05) is 6.42 Å². The third-order valence-corrected chi connectivity index (χ3v) is 3.84. The maximum Gasteiger partial charge on any atom is 1.00 e. The van der Waals surface area contributed by atoms with Crippen molar-refractivity contribution in [3.05, 3.63) is 12.2 Å². The number of carboxylic acid groups (broad SMARTS) is 1. The molecule has 0 unspecified atom stereocenters. The summed E-state index contributed by atoms with van der Waals surface area (Å²) in [5, 5.41) is 8.26. The second-order valence-corrected chi connectivity index (χ2v) is 6.07. The Morgan fingerprint density at radius 1 is 0.833 bits per heavy atom. The van der Waals surface area contributed by atoms with E-state index in [0.717, 1.165) is 25.7 Å². The molecule has 0 saturated heterocycles. The second kappa shape index (κ2) is 20.7. The molecule has 0 aliphatic carbocycles. The van der Waals surface area contributed by atoms with Crippen LogP contribution in [-0.2, 0) is 9.53 Å². The summed E-state index contributed by atoms with van der Waals surface area (Å²) in [4.78, 5) is 21.1. The Hall–Kier alpha value is -0.320. The molecule has 0 heterocycles.